The minimum Gasteiger partial charge on any atom is -0.259 e. The monoisotopic (exact) mass is 199 g/mol. The molecule has 1 aromatic rings. The maximum absolute atomic E-state index is 11.2. The van der Waals surface area contributed by atoms with Gasteiger partial charge in [-0.3, -0.25) is 9.97 Å². The van der Waals surface area contributed by atoms with Crippen LogP contribution in [0.4, 0.5) is 0 Å². The molecule has 1 atom stereocenters. The van der Waals surface area contributed by atoms with Gasteiger partial charge < -0.3 is 0 Å². The fourth-order valence-electron chi connectivity index (χ4n) is 1.06. The lowest BCUT2D eigenvalue weighted by atomic mass is 10.1. The number of rotatable bonds is 3. The van der Waals surface area contributed by atoms with E-state index in [4.69, 9.17) is 0 Å². The quantitative estimate of drug-likeness (QED) is 0.672. The smallest absolute Gasteiger partial charge is 0.259 e. The van der Waals surface area contributed by atoms with Crippen LogP contribution in [0.3, 0.4) is 0 Å². The Balaban J connectivity index is 3.16. The summed E-state index contributed by atoms with van der Waals surface area (Å²) in [6.45, 7) is 4.22. The Bertz CT molecular complexity index is 433. The molecule has 0 aliphatic carbocycles. The molecule has 0 radical (unpaired) electrons. The second kappa shape index (κ2) is 4.08. The number of nitrogens with one attached hydrogen (secondary N) is 2. The van der Waals surface area contributed by atoms with Crippen molar-refractivity contribution in [3.05, 3.63) is 31.5 Å². The Morgan fingerprint density at radius 2 is 1.71 bits per heavy atom. The van der Waals surface area contributed by atoms with Crippen LogP contribution in [0.15, 0.2) is 14.4 Å². The third kappa shape index (κ3) is 2.21. The van der Waals surface area contributed by atoms with Gasteiger partial charge in [0.2, 0.25) is 0 Å². The van der Waals surface area contributed by atoms with Gasteiger partial charge in [0.05, 0.1) is 0 Å². The number of nitrogens with zero attached hydrogens (tertiary/aromatic N) is 1. The molecule has 0 bridgehead atoms. The van der Waals surface area contributed by atoms with E-state index >= 15 is 0 Å². The van der Waals surface area contributed by atoms with Crippen LogP contribution in [-0.2, 0) is 6.54 Å². The summed E-state index contributed by atoms with van der Waals surface area (Å²) in [5, 5.41) is 0. The zero-order chi connectivity index (χ0) is 10.7. The van der Waals surface area contributed by atoms with E-state index in [2.05, 4.69) is 0 Å². The predicted molar refractivity (Wildman–Crippen MR) is 51.4 cm³/mol. The molecule has 0 spiro atoms. The Labute approximate surface area is 79.6 Å². The van der Waals surface area contributed by atoms with Crippen molar-refractivity contribution in [1.29, 1.82) is 0 Å². The zero-order valence-electron chi connectivity index (χ0n) is 8.16. The normalized spacial score (nSPS) is 12.7. The van der Waals surface area contributed by atoms with Gasteiger partial charge in [-0.05, 0) is 5.92 Å². The van der Waals surface area contributed by atoms with Crippen LogP contribution in [0.5, 0.6) is 0 Å². The number of hydrogen-bond acceptors (Lipinski definition) is 3. The van der Waals surface area contributed by atoms with Crippen molar-refractivity contribution < 1.29 is 0 Å². The first kappa shape index (κ1) is 10.5. The van der Waals surface area contributed by atoms with Gasteiger partial charge in [-0.15, -0.1) is 0 Å². The highest BCUT2D eigenvalue weighted by molar-refractivity contribution is 4.70. The highest BCUT2D eigenvalue weighted by atomic mass is 16.2. The molecule has 78 valence electrons. The molecule has 2 N–H and O–H groups in total. The third-order valence-corrected chi connectivity index (χ3v) is 2.12. The summed E-state index contributed by atoms with van der Waals surface area (Å²) >= 11 is 0. The molecule has 1 aromatic heterocycles. The molecule has 0 saturated carbocycles. The van der Waals surface area contributed by atoms with E-state index in [1.54, 1.807) is 0 Å². The highest BCUT2D eigenvalue weighted by Crippen LogP contribution is 2.00. The molecule has 0 fully saturated rings. The molecule has 6 nitrogen and oxygen atoms in total. The van der Waals surface area contributed by atoms with E-state index in [1.807, 2.05) is 23.8 Å². The van der Waals surface area contributed by atoms with Gasteiger partial charge in [0, 0.05) is 6.54 Å². The summed E-state index contributed by atoms with van der Waals surface area (Å²) in [6.07, 6.45) is 0.866. The number of aromatic amines is 2. The molecular weight excluding hydrogens is 186 g/mol. The largest absolute Gasteiger partial charge is 0.333 e. The second-order valence-corrected chi connectivity index (χ2v) is 3.31. The Morgan fingerprint density at radius 1 is 1.21 bits per heavy atom. The zero-order valence-corrected chi connectivity index (χ0v) is 8.16. The Morgan fingerprint density at radius 3 is 2.14 bits per heavy atom. The van der Waals surface area contributed by atoms with E-state index in [1.165, 1.54) is 0 Å². The molecule has 1 unspecified atom stereocenters. The van der Waals surface area contributed by atoms with Crippen molar-refractivity contribution in [1.82, 2.24) is 14.5 Å². The van der Waals surface area contributed by atoms with Crippen LogP contribution in [0.2, 0.25) is 0 Å². The van der Waals surface area contributed by atoms with Crippen molar-refractivity contribution in [3.63, 3.8) is 0 Å². The van der Waals surface area contributed by atoms with Crippen molar-refractivity contribution in [2.45, 2.75) is 26.8 Å². The summed E-state index contributed by atoms with van der Waals surface area (Å²) < 4.78 is 0.996. The summed E-state index contributed by atoms with van der Waals surface area (Å²) in [7, 11) is 0. The highest BCUT2D eigenvalue weighted by Gasteiger charge is 2.06. The van der Waals surface area contributed by atoms with Crippen molar-refractivity contribution in [2.24, 2.45) is 5.92 Å². The lowest BCUT2D eigenvalue weighted by Crippen LogP contribution is -2.44. The molecule has 0 aliphatic rings. The summed E-state index contributed by atoms with van der Waals surface area (Å²) in [5.74, 6) is 0.222. The third-order valence-electron chi connectivity index (χ3n) is 2.12. The van der Waals surface area contributed by atoms with E-state index in [-0.39, 0.29) is 5.92 Å². The Kier molecular flexibility index (Phi) is 3.06. The molecule has 0 amide bonds. The van der Waals surface area contributed by atoms with Crippen LogP contribution in [0, 0.1) is 5.92 Å². The molecule has 1 heterocycles. The summed E-state index contributed by atoms with van der Waals surface area (Å²) in [4.78, 5) is 37.1. The molecular formula is C8H13N3O3. The van der Waals surface area contributed by atoms with Crippen molar-refractivity contribution in [3.8, 4) is 0 Å². The fourth-order valence-corrected chi connectivity index (χ4v) is 1.06. The summed E-state index contributed by atoms with van der Waals surface area (Å²) in [6, 6.07) is 0. The number of aromatic nitrogens is 3. The van der Waals surface area contributed by atoms with Gasteiger partial charge in [0.25, 0.3) is 0 Å². The first-order valence-electron chi connectivity index (χ1n) is 4.48. The van der Waals surface area contributed by atoms with Crippen molar-refractivity contribution in [2.75, 3.05) is 0 Å². The fraction of sp³-hybridized carbons (Fsp3) is 0.625. The maximum atomic E-state index is 11.2. The average molecular weight is 199 g/mol. The average Bonchev–Trinajstić information content (AvgIpc) is 2.10. The van der Waals surface area contributed by atoms with Crippen LogP contribution in [0.25, 0.3) is 0 Å². The van der Waals surface area contributed by atoms with Crippen LogP contribution >= 0.6 is 0 Å². The summed E-state index contributed by atoms with van der Waals surface area (Å²) in [5.41, 5.74) is -2.07. The van der Waals surface area contributed by atoms with Gasteiger partial charge in [-0.1, -0.05) is 20.3 Å². The lowest BCUT2D eigenvalue weighted by Gasteiger charge is -2.08. The van der Waals surface area contributed by atoms with Gasteiger partial charge in [-0.2, -0.15) is 0 Å². The van der Waals surface area contributed by atoms with E-state index in [0.717, 1.165) is 11.0 Å². The molecule has 6 heteroatoms. The number of hydrogen-bond donors (Lipinski definition) is 2. The molecule has 1 rings (SSSR count). The molecule has 0 saturated heterocycles. The standard InChI is InChI=1S/C8H13N3O3/c1-3-5(2)4-11-7(13)9-6(12)10-8(11)14/h5H,3-4H2,1-2H3,(H2,9,10,12,13,14). The van der Waals surface area contributed by atoms with Gasteiger partial charge in [0.1, 0.15) is 0 Å². The minimum atomic E-state index is -0.764. The van der Waals surface area contributed by atoms with Crippen molar-refractivity contribution >= 4 is 0 Å². The SMILES string of the molecule is CCC(C)Cn1c(=O)[nH]c(=O)[nH]c1=O. The van der Waals surface area contributed by atoms with Gasteiger partial charge >= 0.3 is 17.1 Å². The topological polar surface area (TPSA) is 87.7 Å². The Hall–Kier alpha value is -1.59. The molecule has 14 heavy (non-hydrogen) atoms. The van der Waals surface area contributed by atoms with E-state index in [9.17, 15) is 14.4 Å². The number of H-pyrrole nitrogens is 2. The predicted octanol–water partition coefficient (Wildman–Crippen LogP) is -0.729. The van der Waals surface area contributed by atoms with Gasteiger partial charge in [-0.25, -0.2) is 19.0 Å². The van der Waals surface area contributed by atoms with Crippen LogP contribution in [-0.4, -0.2) is 14.5 Å². The van der Waals surface area contributed by atoms with E-state index < -0.39 is 17.1 Å². The van der Waals surface area contributed by atoms with E-state index in [0.29, 0.717) is 6.54 Å². The molecule has 0 aromatic carbocycles. The van der Waals surface area contributed by atoms with Crippen LogP contribution in [0.1, 0.15) is 20.3 Å². The second-order valence-electron chi connectivity index (χ2n) is 3.31. The molecule has 0 aliphatic heterocycles. The lowest BCUT2D eigenvalue weighted by molar-refractivity contribution is 0.437. The van der Waals surface area contributed by atoms with Gasteiger partial charge in [0.15, 0.2) is 0 Å². The first-order valence-corrected chi connectivity index (χ1v) is 4.48. The maximum Gasteiger partial charge on any atom is 0.333 e. The minimum absolute atomic E-state index is 0.222. The van der Waals surface area contributed by atoms with Crippen LogP contribution < -0.4 is 17.1 Å². The first-order chi connectivity index (χ1) is 6.54.